The van der Waals surface area contributed by atoms with Crippen molar-refractivity contribution < 1.29 is 14.3 Å². The lowest BCUT2D eigenvalue weighted by atomic mass is 10.1. The Labute approximate surface area is 177 Å². The van der Waals surface area contributed by atoms with Crippen LogP contribution >= 0.6 is 27.5 Å². The van der Waals surface area contributed by atoms with Crippen LogP contribution < -0.4 is 15.5 Å². The number of nitrogens with one attached hydrogen (secondary N) is 2. The average molecular weight is 467 g/mol. The quantitative estimate of drug-likeness (QED) is 0.355. The van der Waals surface area contributed by atoms with Crippen molar-refractivity contribution in [3.05, 3.63) is 57.5 Å². The largest absolute Gasteiger partial charge is 0.490 e. The Balaban J connectivity index is 2.00. The summed E-state index contributed by atoms with van der Waals surface area (Å²) in [5, 5.41) is 7.15. The molecule has 2 rings (SSSR count). The lowest BCUT2D eigenvalue weighted by Gasteiger charge is -2.13. The molecule has 1 unspecified atom stereocenters. The Morgan fingerprint density at radius 2 is 1.86 bits per heavy atom. The molecule has 0 spiro atoms. The molecular formula is C20H21BrClN3O3. The maximum Gasteiger partial charge on any atom is 0.252 e. The van der Waals surface area contributed by atoms with Crippen molar-refractivity contribution >= 4 is 51.2 Å². The van der Waals surface area contributed by atoms with Crippen molar-refractivity contribution in [2.45, 2.75) is 26.9 Å². The van der Waals surface area contributed by atoms with Gasteiger partial charge in [0.15, 0.2) is 0 Å². The van der Waals surface area contributed by atoms with Gasteiger partial charge in [0.05, 0.1) is 18.0 Å². The second-order valence-electron chi connectivity index (χ2n) is 6.27. The van der Waals surface area contributed by atoms with Gasteiger partial charge in [-0.15, -0.1) is 0 Å². The number of hydrogen-bond acceptors (Lipinski definition) is 4. The van der Waals surface area contributed by atoms with Crippen LogP contribution in [0.2, 0.25) is 5.02 Å². The zero-order valence-electron chi connectivity index (χ0n) is 15.7. The van der Waals surface area contributed by atoms with Gasteiger partial charge in [0.1, 0.15) is 11.7 Å². The van der Waals surface area contributed by atoms with E-state index >= 15 is 0 Å². The highest BCUT2D eigenvalue weighted by Crippen LogP contribution is 2.23. The number of carbonyl (C=O) groups is 2. The second-order valence-corrected chi connectivity index (χ2v) is 7.56. The van der Waals surface area contributed by atoms with E-state index in [4.69, 9.17) is 16.3 Å². The molecule has 0 radical (unpaired) electrons. The third-order valence-electron chi connectivity index (χ3n) is 3.63. The van der Waals surface area contributed by atoms with Gasteiger partial charge in [-0.3, -0.25) is 9.59 Å². The van der Waals surface area contributed by atoms with E-state index in [2.05, 4.69) is 31.8 Å². The fourth-order valence-electron chi connectivity index (χ4n) is 2.17. The van der Waals surface area contributed by atoms with Gasteiger partial charge in [-0.05, 0) is 67.0 Å². The smallest absolute Gasteiger partial charge is 0.252 e. The Morgan fingerprint density at radius 3 is 2.54 bits per heavy atom. The molecule has 2 N–H and O–H groups in total. The summed E-state index contributed by atoms with van der Waals surface area (Å²) in [6, 6.07) is 12.3. The van der Waals surface area contributed by atoms with Crippen molar-refractivity contribution in [1.29, 1.82) is 0 Å². The normalized spacial score (nSPS) is 12.1. The molecule has 2 aromatic rings. The minimum atomic E-state index is -0.935. The van der Waals surface area contributed by atoms with Crippen molar-refractivity contribution in [3.8, 4) is 5.75 Å². The van der Waals surface area contributed by atoms with E-state index in [1.807, 2.05) is 19.9 Å². The Hall–Kier alpha value is -2.38. The molecule has 8 heteroatoms. The van der Waals surface area contributed by atoms with Crippen molar-refractivity contribution in [3.63, 3.8) is 0 Å². The van der Waals surface area contributed by atoms with Gasteiger partial charge in [0.2, 0.25) is 5.91 Å². The number of halogens is 2. The van der Waals surface area contributed by atoms with Crippen LogP contribution in [0.5, 0.6) is 5.75 Å². The van der Waals surface area contributed by atoms with Crippen LogP contribution in [0.4, 0.5) is 5.69 Å². The molecule has 0 aliphatic rings. The third kappa shape index (κ3) is 6.35. The third-order valence-corrected chi connectivity index (χ3v) is 4.56. The maximum atomic E-state index is 12.3. The van der Waals surface area contributed by atoms with E-state index in [0.29, 0.717) is 22.0 Å². The summed E-state index contributed by atoms with van der Waals surface area (Å²) in [7, 11) is 0. The molecule has 28 heavy (non-hydrogen) atoms. The summed E-state index contributed by atoms with van der Waals surface area (Å²) < 4.78 is 6.42. The first kappa shape index (κ1) is 21.9. The topological polar surface area (TPSA) is 79.8 Å². The lowest BCUT2D eigenvalue weighted by Crippen LogP contribution is -2.34. The fourth-order valence-corrected chi connectivity index (χ4v) is 2.73. The van der Waals surface area contributed by atoms with Gasteiger partial charge < -0.3 is 10.1 Å². The van der Waals surface area contributed by atoms with Gasteiger partial charge in [-0.25, -0.2) is 5.43 Å². The monoisotopic (exact) mass is 465 g/mol. The molecule has 148 valence electrons. The van der Waals surface area contributed by atoms with Gasteiger partial charge >= 0.3 is 0 Å². The van der Waals surface area contributed by atoms with E-state index < -0.39 is 17.7 Å². The van der Waals surface area contributed by atoms with E-state index in [-0.39, 0.29) is 6.10 Å². The maximum absolute atomic E-state index is 12.3. The molecule has 0 saturated heterocycles. The highest BCUT2D eigenvalue weighted by Gasteiger charge is 2.21. The minimum absolute atomic E-state index is 0.0241. The van der Waals surface area contributed by atoms with Gasteiger partial charge in [0, 0.05) is 15.1 Å². The van der Waals surface area contributed by atoms with Crippen LogP contribution in [0.3, 0.4) is 0 Å². The molecule has 1 atom stereocenters. The summed E-state index contributed by atoms with van der Waals surface area (Å²) in [6.45, 7) is 5.31. The van der Waals surface area contributed by atoms with E-state index in [0.717, 1.165) is 4.47 Å². The average Bonchev–Trinajstić information content (AvgIpc) is 2.64. The first-order valence-electron chi connectivity index (χ1n) is 8.62. The molecule has 0 aliphatic heterocycles. The number of benzene rings is 2. The lowest BCUT2D eigenvalue weighted by molar-refractivity contribution is -0.131. The SMILES string of the molecule is CC(C)Oc1ccc(Cl)cc1C=NNC(=O)C(C)C(=O)Nc1ccccc1Br. The molecular weight excluding hydrogens is 446 g/mol. The van der Waals surface area contributed by atoms with Crippen LogP contribution in [0.1, 0.15) is 26.3 Å². The molecule has 0 fully saturated rings. The van der Waals surface area contributed by atoms with Crippen LogP contribution in [0.25, 0.3) is 0 Å². The molecule has 0 aliphatic carbocycles. The van der Waals surface area contributed by atoms with E-state index in [9.17, 15) is 9.59 Å². The fraction of sp³-hybridized carbons (Fsp3) is 0.250. The zero-order valence-corrected chi connectivity index (χ0v) is 18.0. The standard InChI is InChI=1S/C20H21BrClN3O3/c1-12(2)28-18-9-8-15(22)10-14(18)11-23-25-20(27)13(3)19(26)24-17-7-5-4-6-16(17)21/h4-13H,1-3H3,(H,24,26)(H,25,27). The summed E-state index contributed by atoms with van der Waals surface area (Å²) in [4.78, 5) is 24.5. The summed E-state index contributed by atoms with van der Waals surface area (Å²) >= 11 is 9.36. The van der Waals surface area contributed by atoms with E-state index in [1.54, 1.807) is 36.4 Å². The molecule has 0 saturated carbocycles. The van der Waals surface area contributed by atoms with Crippen molar-refractivity contribution in [2.75, 3.05) is 5.32 Å². The van der Waals surface area contributed by atoms with Gasteiger partial charge in [0.25, 0.3) is 5.91 Å². The number of rotatable bonds is 7. The highest BCUT2D eigenvalue weighted by molar-refractivity contribution is 9.10. The van der Waals surface area contributed by atoms with Crippen LogP contribution in [0.15, 0.2) is 52.0 Å². The number of carbonyl (C=O) groups excluding carboxylic acids is 2. The number of para-hydroxylation sites is 1. The second kappa shape index (κ2) is 10.2. The number of anilines is 1. The van der Waals surface area contributed by atoms with Gasteiger partial charge in [-0.2, -0.15) is 5.10 Å². The highest BCUT2D eigenvalue weighted by atomic mass is 79.9. The molecule has 0 aromatic heterocycles. The Morgan fingerprint density at radius 1 is 1.14 bits per heavy atom. The Kier molecular flexibility index (Phi) is 8.02. The first-order valence-corrected chi connectivity index (χ1v) is 9.79. The van der Waals surface area contributed by atoms with E-state index in [1.165, 1.54) is 13.1 Å². The Bertz CT molecular complexity index is 887. The number of amides is 2. The minimum Gasteiger partial charge on any atom is -0.490 e. The number of nitrogens with zero attached hydrogens (tertiary/aromatic N) is 1. The van der Waals surface area contributed by atoms with Crippen LogP contribution in [-0.2, 0) is 9.59 Å². The number of hydrazone groups is 1. The van der Waals surface area contributed by atoms with Gasteiger partial charge in [-0.1, -0.05) is 23.7 Å². The first-order chi connectivity index (χ1) is 13.3. The summed E-state index contributed by atoms with van der Waals surface area (Å²) in [5.41, 5.74) is 3.58. The summed E-state index contributed by atoms with van der Waals surface area (Å²) in [6.07, 6.45) is 1.41. The molecule has 0 heterocycles. The van der Waals surface area contributed by atoms with Crippen LogP contribution in [-0.4, -0.2) is 24.1 Å². The molecule has 0 bridgehead atoms. The predicted molar refractivity (Wildman–Crippen MR) is 115 cm³/mol. The zero-order chi connectivity index (χ0) is 20.7. The number of ether oxygens (including phenoxy) is 1. The molecule has 2 amide bonds. The summed E-state index contributed by atoms with van der Waals surface area (Å²) in [5.74, 6) is -1.31. The molecule has 2 aromatic carbocycles. The van der Waals surface area contributed by atoms with Crippen LogP contribution in [0, 0.1) is 5.92 Å². The predicted octanol–water partition coefficient (Wildman–Crippen LogP) is 4.61. The number of hydrogen-bond donors (Lipinski definition) is 2. The van der Waals surface area contributed by atoms with Crippen molar-refractivity contribution in [2.24, 2.45) is 11.0 Å². The van der Waals surface area contributed by atoms with Crippen molar-refractivity contribution in [1.82, 2.24) is 5.43 Å². The molecule has 6 nitrogen and oxygen atoms in total.